The van der Waals surface area contributed by atoms with E-state index in [-0.39, 0.29) is 49.8 Å². The van der Waals surface area contributed by atoms with Gasteiger partial charge in [-0.3, -0.25) is 19.2 Å². The van der Waals surface area contributed by atoms with Gasteiger partial charge < -0.3 is 20.2 Å². The molecule has 1 aromatic heterocycles. The van der Waals surface area contributed by atoms with Crippen LogP contribution in [0, 0.1) is 12.3 Å². The van der Waals surface area contributed by atoms with E-state index in [1.807, 2.05) is 71.3 Å². The summed E-state index contributed by atoms with van der Waals surface area (Å²) in [6.45, 7) is 12.5. The van der Waals surface area contributed by atoms with Crippen molar-refractivity contribution in [3.05, 3.63) is 41.0 Å². The summed E-state index contributed by atoms with van der Waals surface area (Å²) in [5.74, 6) is -0.995. The van der Waals surface area contributed by atoms with Crippen LogP contribution in [0.15, 0.2) is 29.8 Å². The molecule has 0 unspecified atom stereocenters. The first-order valence-electron chi connectivity index (χ1n) is 14.4. The number of likely N-dealkylation sites (tertiary alicyclic amines) is 1. The van der Waals surface area contributed by atoms with Crippen LogP contribution in [0.25, 0.3) is 10.4 Å². The lowest BCUT2D eigenvalue weighted by Crippen LogP contribution is -2.56. The van der Waals surface area contributed by atoms with Gasteiger partial charge >= 0.3 is 0 Å². The molecule has 1 saturated heterocycles. The van der Waals surface area contributed by atoms with Crippen LogP contribution in [-0.4, -0.2) is 81.2 Å². The molecule has 224 valence electrons. The van der Waals surface area contributed by atoms with E-state index in [1.54, 1.807) is 16.2 Å². The Hall–Kier alpha value is -3.11. The maximum Gasteiger partial charge on any atom is 0.246 e. The topological polar surface area (TPSA) is 120 Å². The van der Waals surface area contributed by atoms with E-state index in [2.05, 4.69) is 10.3 Å². The first kappa shape index (κ1) is 32.4. The Kier molecular flexibility index (Phi) is 11.2. The zero-order chi connectivity index (χ0) is 30.3. The third-order valence-electron chi connectivity index (χ3n) is 7.66. The van der Waals surface area contributed by atoms with Gasteiger partial charge in [0.15, 0.2) is 5.78 Å². The predicted octanol–water partition coefficient (Wildman–Crippen LogP) is 3.76. The molecule has 1 aliphatic heterocycles. The second-order valence-corrected chi connectivity index (χ2v) is 12.6. The summed E-state index contributed by atoms with van der Waals surface area (Å²) in [5.41, 5.74) is 4.27. The summed E-state index contributed by atoms with van der Waals surface area (Å²) in [4.78, 5) is 60.7. The van der Waals surface area contributed by atoms with Gasteiger partial charge in [0.2, 0.25) is 17.7 Å². The molecule has 9 nitrogen and oxygen atoms in total. The van der Waals surface area contributed by atoms with Gasteiger partial charge in [0, 0.05) is 45.3 Å². The number of nitrogens with one attached hydrogen (secondary N) is 1. The average Bonchev–Trinajstić information content (AvgIpc) is 3.54. The number of Topliss-reactive ketones (excluding diaryl/α,β-unsaturated/α-hetero) is 1. The van der Waals surface area contributed by atoms with Gasteiger partial charge in [-0.1, -0.05) is 45.0 Å². The van der Waals surface area contributed by atoms with Gasteiger partial charge in [0.25, 0.3) is 0 Å². The third kappa shape index (κ3) is 8.45. The van der Waals surface area contributed by atoms with Crippen molar-refractivity contribution < 1.29 is 24.3 Å². The summed E-state index contributed by atoms with van der Waals surface area (Å²) in [6, 6.07) is 6.42. The molecule has 0 radical (unpaired) electrons. The highest BCUT2D eigenvalue weighted by atomic mass is 32.1. The minimum absolute atomic E-state index is 0.0263. The normalized spacial score (nSPS) is 17.8. The standard InChI is InChI=1S/C31H44N4O5S/c1-7-34(8-2)27(39)16-15-26(38)33-29(31(4,5)6)30(40)35-18-23(36)17-24(35)25(37)14-11-21-9-12-22(13-10-21)28-20(3)32-19-41-28/h9-10,12-13,19,23-24,29,36H,7-8,11,14-18H2,1-6H3,(H,33,38)/t23-,24+,29-/m1/s1. The van der Waals surface area contributed by atoms with Crippen LogP contribution in [0.4, 0.5) is 0 Å². The largest absolute Gasteiger partial charge is 0.391 e. The molecule has 2 N–H and O–H groups in total. The van der Waals surface area contributed by atoms with Crippen molar-refractivity contribution in [3.8, 4) is 10.4 Å². The number of hydrogen-bond acceptors (Lipinski definition) is 7. The molecular weight excluding hydrogens is 540 g/mol. The number of carbonyl (C=O) groups excluding carboxylic acids is 4. The summed E-state index contributed by atoms with van der Waals surface area (Å²) in [7, 11) is 0. The van der Waals surface area contributed by atoms with Crippen LogP contribution in [0.3, 0.4) is 0 Å². The van der Waals surface area contributed by atoms with E-state index < -0.39 is 29.5 Å². The third-order valence-corrected chi connectivity index (χ3v) is 8.63. The molecule has 1 aromatic carbocycles. The number of β-amino-alcohol motifs (C(OH)–C–C–N with tert-alkyl or cyclic N) is 1. The minimum Gasteiger partial charge on any atom is -0.391 e. The number of rotatable bonds is 12. The Bertz CT molecular complexity index is 1220. The predicted molar refractivity (Wildman–Crippen MR) is 160 cm³/mol. The lowest BCUT2D eigenvalue weighted by molar-refractivity contribution is -0.143. The molecule has 41 heavy (non-hydrogen) atoms. The number of aliphatic hydroxyl groups excluding tert-OH is 1. The van der Waals surface area contributed by atoms with Crippen LogP contribution >= 0.6 is 11.3 Å². The van der Waals surface area contributed by atoms with Crippen molar-refractivity contribution in [3.63, 3.8) is 0 Å². The Labute approximate surface area is 247 Å². The number of aryl methyl sites for hydroxylation is 2. The van der Waals surface area contributed by atoms with Crippen LogP contribution in [0.5, 0.6) is 0 Å². The van der Waals surface area contributed by atoms with Gasteiger partial charge in [-0.15, -0.1) is 11.3 Å². The van der Waals surface area contributed by atoms with Gasteiger partial charge in [0.05, 0.1) is 28.2 Å². The molecule has 3 amide bonds. The van der Waals surface area contributed by atoms with Crippen LogP contribution in [0.2, 0.25) is 0 Å². The van der Waals surface area contributed by atoms with E-state index >= 15 is 0 Å². The number of ketones is 1. The van der Waals surface area contributed by atoms with Gasteiger partial charge in [-0.2, -0.15) is 0 Å². The lowest BCUT2D eigenvalue weighted by atomic mass is 9.85. The second-order valence-electron chi connectivity index (χ2n) is 11.8. The van der Waals surface area contributed by atoms with Gasteiger partial charge in [-0.05, 0) is 43.7 Å². The SMILES string of the molecule is CCN(CC)C(=O)CCC(=O)N[C@H](C(=O)N1C[C@H](O)C[C@H]1C(=O)CCc1ccc(-c2scnc2C)cc1)C(C)(C)C. The molecule has 2 heterocycles. The highest BCUT2D eigenvalue weighted by Gasteiger charge is 2.44. The van der Waals surface area contributed by atoms with Crippen molar-refractivity contribution >= 4 is 34.8 Å². The van der Waals surface area contributed by atoms with Crippen LogP contribution in [-0.2, 0) is 25.6 Å². The van der Waals surface area contributed by atoms with Crippen molar-refractivity contribution in [2.45, 2.75) is 91.8 Å². The number of hydrogen-bond donors (Lipinski definition) is 2. The molecule has 0 saturated carbocycles. The molecule has 0 aliphatic carbocycles. The monoisotopic (exact) mass is 584 g/mol. The maximum atomic E-state index is 13.7. The Morgan fingerprint density at radius 2 is 1.76 bits per heavy atom. The number of carbonyl (C=O) groups is 4. The number of aliphatic hydroxyl groups is 1. The molecule has 2 aromatic rings. The zero-order valence-corrected chi connectivity index (χ0v) is 25.9. The Morgan fingerprint density at radius 1 is 1.10 bits per heavy atom. The summed E-state index contributed by atoms with van der Waals surface area (Å²) in [6.07, 6.45) is 0.166. The second kappa shape index (κ2) is 14.2. The number of benzene rings is 1. The number of amides is 3. The van der Waals surface area contributed by atoms with Gasteiger partial charge in [-0.25, -0.2) is 4.98 Å². The highest BCUT2D eigenvalue weighted by molar-refractivity contribution is 7.13. The van der Waals surface area contributed by atoms with Crippen molar-refractivity contribution in [2.75, 3.05) is 19.6 Å². The average molecular weight is 585 g/mol. The van der Waals surface area contributed by atoms with E-state index in [1.165, 1.54) is 4.90 Å². The Balaban J connectivity index is 1.64. The summed E-state index contributed by atoms with van der Waals surface area (Å²) in [5, 5.41) is 13.2. The summed E-state index contributed by atoms with van der Waals surface area (Å²) < 4.78 is 0. The lowest BCUT2D eigenvalue weighted by Gasteiger charge is -2.35. The van der Waals surface area contributed by atoms with E-state index in [0.29, 0.717) is 19.5 Å². The summed E-state index contributed by atoms with van der Waals surface area (Å²) >= 11 is 1.59. The minimum atomic E-state index is -0.901. The highest BCUT2D eigenvalue weighted by Crippen LogP contribution is 2.29. The van der Waals surface area contributed by atoms with E-state index in [4.69, 9.17) is 0 Å². The van der Waals surface area contributed by atoms with Crippen LogP contribution in [0.1, 0.15) is 71.6 Å². The fourth-order valence-corrected chi connectivity index (χ4v) is 6.01. The number of nitrogens with zero attached hydrogens (tertiary/aromatic N) is 3. The molecule has 1 aliphatic rings. The van der Waals surface area contributed by atoms with Crippen molar-refractivity contribution in [1.82, 2.24) is 20.1 Å². The smallest absolute Gasteiger partial charge is 0.246 e. The molecule has 0 spiro atoms. The molecule has 0 bridgehead atoms. The molecular formula is C31H44N4O5S. The Morgan fingerprint density at radius 3 is 2.32 bits per heavy atom. The number of thiazole rings is 1. The molecule has 3 atom stereocenters. The molecule has 1 fully saturated rings. The first-order valence-corrected chi connectivity index (χ1v) is 15.3. The quantitative estimate of drug-likeness (QED) is 0.392. The number of aromatic nitrogens is 1. The van der Waals surface area contributed by atoms with Crippen LogP contribution < -0.4 is 5.32 Å². The maximum absolute atomic E-state index is 13.7. The molecule has 3 rings (SSSR count). The zero-order valence-electron chi connectivity index (χ0n) is 25.1. The first-order chi connectivity index (χ1) is 19.3. The van der Waals surface area contributed by atoms with Gasteiger partial charge in [0.1, 0.15) is 6.04 Å². The van der Waals surface area contributed by atoms with Crippen molar-refractivity contribution in [2.24, 2.45) is 5.41 Å². The van der Waals surface area contributed by atoms with Crippen molar-refractivity contribution in [1.29, 1.82) is 0 Å². The van der Waals surface area contributed by atoms with E-state index in [9.17, 15) is 24.3 Å². The fraction of sp³-hybridized carbons (Fsp3) is 0.581. The fourth-order valence-electron chi connectivity index (χ4n) is 5.20. The molecule has 10 heteroatoms. The van der Waals surface area contributed by atoms with E-state index in [0.717, 1.165) is 21.7 Å².